The Morgan fingerprint density at radius 1 is 1.00 bits per heavy atom. The van der Waals surface area contributed by atoms with Gasteiger partial charge < -0.3 is 0 Å². The molecule has 0 aliphatic carbocycles. The van der Waals surface area contributed by atoms with Gasteiger partial charge in [0.1, 0.15) is 0 Å². The van der Waals surface area contributed by atoms with E-state index in [0.29, 0.717) is 0 Å². The van der Waals surface area contributed by atoms with Crippen LogP contribution in [0.1, 0.15) is 43.0 Å². The maximum absolute atomic E-state index is 6.34. The van der Waals surface area contributed by atoms with Crippen LogP contribution in [0.4, 0.5) is 0 Å². The number of halogens is 1. The van der Waals surface area contributed by atoms with Crippen LogP contribution in [0.5, 0.6) is 0 Å². The van der Waals surface area contributed by atoms with Crippen molar-refractivity contribution in [1.82, 2.24) is 0 Å². The SMILES string of the molecule is CCc1cc(CC)c(Cl)c(CC)c1C. The van der Waals surface area contributed by atoms with Crippen molar-refractivity contribution >= 4 is 11.6 Å². The average Bonchev–Trinajstić information content (AvgIpc) is 2.19. The summed E-state index contributed by atoms with van der Waals surface area (Å²) in [4.78, 5) is 0. The van der Waals surface area contributed by atoms with Crippen LogP contribution in [0.25, 0.3) is 0 Å². The summed E-state index contributed by atoms with van der Waals surface area (Å²) >= 11 is 6.34. The lowest BCUT2D eigenvalue weighted by molar-refractivity contribution is 1.01. The Morgan fingerprint density at radius 3 is 2.00 bits per heavy atom. The van der Waals surface area contributed by atoms with E-state index in [1.807, 2.05) is 0 Å². The molecule has 1 aromatic rings. The molecule has 78 valence electrons. The van der Waals surface area contributed by atoms with Crippen LogP contribution in [0.15, 0.2) is 6.07 Å². The van der Waals surface area contributed by atoms with Crippen molar-refractivity contribution in [3.63, 3.8) is 0 Å². The van der Waals surface area contributed by atoms with Crippen LogP contribution in [0.3, 0.4) is 0 Å². The van der Waals surface area contributed by atoms with E-state index in [0.717, 1.165) is 24.3 Å². The normalized spacial score (nSPS) is 10.6. The molecule has 0 heterocycles. The van der Waals surface area contributed by atoms with Crippen LogP contribution in [0.2, 0.25) is 5.02 Å². The van der Waals surface area contributed by atoms with Gasteiger partial charge in [0.05, 0.1) is 0 Å². The molecule has 0 nitrogen and oxygen atoms in total. The zero-order valence-corrected chi connectivity index (χ0v) is 10.3. The second-order valence-corrected chi connectivity index (χ2v) is 4.05. The minimum atomic E-state index is 0.990. The van der Waals surface area contributed by atoms with Gasteiger partial charge in [0.2, 0.25) is 0 Å². The van der Waals surface area contributed by atoms with Gasteiger partial charge in [-0.15, -0.1) is 0 Å². The third-order valence-corrected chi connectivity index (χ3v) is 3.42. The van der Waals surface area contributed by atoms with Crippen LogP contribution >= 0.6 is 11.6 Å². The predicted molar refractivity (Wildman–Crippen MR) is 64.3 cm³/mol. The van der Waals surface area contributed by atoms with E-state index < -0.39 is 0 Å². The fraction of sp³-hybridized carbons (Fsp3) is 0.538. The Kier molecular flexibility index (Phi) is 4.00. The predicted octanol–water partition coefficient (Wildman–Crippen LogP) is 4.34. The number of benzene rings is 1. The van der Waals surface area contributed by atoms with E-state index >= 15 is 0 Å². The van der Waals surface area contributed by atoms with Gasteiger partial charge in [-0.25, -0.2) is 0 Å². The maximum atomic E-state index is 6.34. The fourth-order valence-corrected chi connectivity index (χ4v) is 2.44. The van der Waals surface area contributed by atoms with Crippen LogP contribution < -0.4 is 0 Å². The van der Waals surface area contributed by atoms with Crippen molar-refractivity contribution < 1.29 is 0 Å². The lowest BCUT2D eigenvalue weighted by atomic mass is 9.94. The highest BCUT2D eigenvalue weighted by molar-refractivity contribution is 6.32. The van der Waals surface area contributed by atoms with Crippen molar-refractivity contribution in [2.75, 3.05) is 0 Å². The van der Waals surface area contributed by atoms with Crippen LogP contribution in [-0.4, -0.2) is 0 Å². The first-order chi connectivity index (χ1) is 6.65. The Morgan fingerprint density at radius 2 is 1.57 bits per heavy atom. The Hall–Kier alpha value is -0.490. The fourth-order valence-electron chi connectivity index (χ4n) is 1.98. The van der Waals surface area contributed by atoms with E-state index in [4.69, 9.17) is 11.6 Å². The first kappa shape index (κ1) is 11.6. The molecule has 0 radical (unpaired) electrons. The number of aryl methyl sites for hydroxylation is 2. The number of hydrogen-bond donors (Lipinski definition) is 0. The molecule has 0 aliphatic rings. The van der Waals surface area contributed by atoms with Gasteiger partial charge in [-0.2, -0.15) is 0 Å². The first-order valence-corrected chi connectivity index (χ1v) is 5.83. The highest BCUT2D eigenvalue weighted by atomic mass is 35.5. The molecule has 0 fully saturated rings. The molecule has 0 bridgehead atoms. The number of hydrogen-bond acceptors (Lipinski definition) is 0. The molecule has 1 aromatic carbocycles. The van der Waals surface area contributed by atoms with E-state index in [2.05, 4.69) is 33.8 Å². The van der Waals surface area contributed by atoms with E-state index in [9.17, 15) is 0 Å². The van der Waals surface area contributed by atoms with Gasteiger partial charge in [0.15, 0.2) is 0 Å². The molecule has 0 N–H and O–H groups in total. The average molecular weight is 211 g/mol. The molecule has 0 amide bonds. The Labute approximate surface area is 92.3 Å². The molecule has 1 rings (SSSR count). The van der Waals surface area contributed by atoms with Crippen molar-refractivity contribution in [2.24, 2.45) is 0 Å². The molecule has 14 heavy (non-hydrogen) atoms. The zero-order valence-electron chi connectivity index (χ0n) is 9.58. The van der Waals surface area contributed by atoms with E-state index in [1.165, 1.54) is 22.3 Å². The van der Waals surface area contributed by atoms with E-state index in [1.54, 1.807) is 0 Å². The first-order valence-electron chi connectivity index (χ1n) is 5.45. The highest BCUT2D eigenvalue weighted by Gasteiger charge is 2.10. The van der Waals surface area contributed by atoms with Crippen molar-refractivity contribution in [1.29, 1.82) is 0 Å². The zero-order chi connectivity index (χ0) is 10.7. The molecule has 0 aromatic heterocycles. The molecule has 0 unspecified atom stereocenters. The molecular weight excluding hydrogens is 192 g/mol. The summed E-state index contributed by atoms with van der Waals surface area (Å²) in [5.74, 6) is 0. The van der Waals surface area contributed by atoms with Gasteiger partial charge in [0.25, 0.3) is 0 Å². The summed E-state index contributed by atoms with van der Waals surface area (Å²) < 4.78 is 0. The van der Waals surface area contributed by atoms with Gasteiger partial charge in [0, 0.05) is 5.02 Å². The van der Waals surface area contributed by atoms with E-state index in [-0.39, 0.29) is 0 Å². The van der Waals surface area contributed by atoms with Gasteiger partial charge in [-0.1, -0.05) is 38.4 Å². The second-order valence-electron chi connectivity index (χ2n) is 3.67. The third kappa shape index (κ3) is 1.95. The summed E-state index contributed by atoms with van der Waals surface area (Å²) in [5, 5.41) is 0.990. The molecular formula is C13H19Cl. The molecule has 0 saturated carbocycles. The maximum Gasteiger partial charge on any atom is 0.0472 e. The highest BCUT2D eigenvalue weighted by Crippen LogP contribution is 2.28. The Balaban J connectivity index is 3.39. The number of rotatable bonds is 3. The summed E-state index contributed by atoms with van der Waals surface area (Å²) in [6.07, 6.45) is 3.16. The quantitative estimate of drug-likeness (QED) is 0.697. The monoisotopic (exact) mass is 210 g/mol. The minimum Gasteiger partial charge on any atom is -0.0837 e. The summed E-state index contributed by atoms with van der Waals surface area (Å²) in [6.45, 7) is 8.72. The summed E-state index contributed by atoms with van der Waals surface area (Å²) in [5.41, 5.74) is 5.47. The molecule has 0 spiro atoms. The van der Waals surface area contributed by atoms with Gasteiger partial charge in [-0.05, 0) is 48.4 Å². The van der Waals surface area contributed by atoms with Crippen molar-refractivity contribution in [3.05, 3.63) is 33.3 Å². The molecule has 0 aliphatic heterocycles. The smallest absolute Gasteiger partial charge is 0.0472 e. The standard InChI is InChI=1S/C13H19Cl/c1-5-10-8-11(6-2)13(14)12(7-3)9(10)4/h8H,5-7H2,1-4H3. The van der Waals surface area contributed by atoms with Gasteiger partial charge >= 0.3 is 0 Å². The third-order valence-electron chi connectivity index (χ3n) is 2.95. The lowest BCUT2D eigenvalue weighted by Gasteiger charge is -2.14. The van der Waals surface area contributed by atoms with Gasteiger partial charge in [-0.3, -0.25) is 0 Å². The topological polar surface area (TPSA) is 0 Å². The molecule has 0 atom stereocenters. The minimum absolute atomic E-state index is 0.990. The lowest BCUT2D eigenvalue weighted by Crippen LogP contribution is -1.99. The second kappa shape index (κ2) is 4.84. The Bertz CT molecular complexity index is 298. The summed E-state index contributed by atoms with van der Waals surface area (Å²) in [7, 11) is 0. The molecule has 0 saturated heterocycles. The van der Waals surface area contributed by atoms with Crippen LogP contribution in [0, 0.1) is 6.92 Å². The van der Waals surface area contributed by atoms with Crippen molar-refractivity contribution in [3.8, 4) is 0 Å². The molecule has 1 heteroatoms. The van der Waals surface area contributed by atoms with Crippen molar-refractivity contribution in [2.45, 2.75) is 47.0 Å². The van der Waals surface area contributed by atoms with Crippen LogP contribution in [-0.2, 0) is 19.3 Å². The largest absolute Gasteiger partial charge is 0.0837 e. The summed E-state index contributed by atoms with van der Waals surface area (Å²) in [6, 6.07) is 2.26.